The zero-order valence-electron chi connectivity index (χ0n) is 12.7. The van der Waals surface area contributed by atoms with Gasteiger partial charge in [0.2, 0.25) is 11.8 Å². The molecule has 114 valence electrons. The fourth-order valence-corrected chi connectivity index (χ4v) is 3.11. The SMILES string of the molecule is CCC1NC(=O)C(C(C)C)N(CC2CCCCO2)C1=O. The second kappa shape index (κ2) is 6.57. The molecule has 3 atom stereocenters. The highest BCUT2D eigenvalue weighted by Crippen LogP contribution is 2.22. The third kappa shape index (κ3) is 3.14. The smallest absolute Gasteiger partial charge is 0.245 e. The number of ether oxygens (including phenoxy) is 1. The van der Waals surface area contributed by atoms with Gasteiger partial charge in [0, 0.05) is 13.2 Å². The molecule has 0 aromatic heterocycles. The Bertz CT molecular complexity index is 364. The first-order valence-electron chi connectivity index (χ1n) is 7.77. The van der Waals surface area contributed by atoms with Gasteiger partial charge in [-0.25, -0.2) is 0 Å². The van der Waals surface area contributed by atoms with Crippen LogP contribution in [-0.2, 0) is 14.3 Å². The Morgan fingerprint density at radius 3 is 2.65 bits per heavy atom. The lowest BCUT2D eigenvalue weighted by Gasteiger charge is -2.42. The summed E-state index contributed by atoms with van der Waals surface area (Å²) in [7, 11) is 0. The summed E-state index contributed by atoms with van der Waals surface area (Å²) in [4.78, 5) is 26.6. The highest BCUT2D eigenvalue weighted by molar-refractivity contribution is 5.97. The molecular formula is C15H26N2O3. The quantitative estimate of drug-likeness (QED) is 0.846. The van der Waals surface area contributed by atoms with Gasteiger partial charge in [-0.3, -0.25) is 9.59 Å². The summed E-state index contributed by atoms with van der Waals surface area (Å²) in [5, 5.41) is 2.84. The molecule has 0 aliphatic carbocycles. The van der Waals surface area contributed by atoms with Gasteiger partial charge in [0.15, 0.2) is 0 Å². The second-order valence-electron chi connectivity index (χ2n) is 6.14. The van der Waals surface area contributed by atoms with Crippen LogP contribution in [0.3, 0.4) is 0 Å². The number of hydrogen-bond donors (Lipinski definition) is 1. The van der Waals surface area contributed by atoms with E-state index < -0.39 is 0 Å². The van der Waals surface area contributed by atoms with Crippen molar-refractivity contribution in [3.8, 4) is 0 Å². The number of hydrogen-bond acceptors (Lipinski definition) is 3. The van der Waals surface area contributed by atoms with Crippen molar-refractivity contribution in [3.05, 3.63) is 0 Å². The molecule has 0 aromatic carbocycles. The van der Waals surface area contributed by atoms with Gasteiger partial charge in [-0.2, -0.15) is 0 Å². The summed E-state index contributed by atoms with van der Waals surface area (Å²) in [6, 6.07) is -0.739. The fraction of sp³-hybridized carbons (Fsp3) is 0.867. The van der Waals surface area contributed by atoms with Crippen molar-refractivity contribution < 1.29 is 14.3 Å². The average molecular weight is 282 g/mol. The van der Waals surface area contributed by atoms with Crippen molar-refractivity contribution in [2.75, 3.05) is 13.2 Å². The number of carbonyl (C=O) groups is 2. The lowest BCUT2D eigenvalue weighted by atomic mass is 9.95. The van der Waals surface area contributed by atoms with Gasteiger partial charge in [0.1, 0.15) is 12.1 Å². The molecule has 2 rings (SSSR count). The van der Waals surface area contributed by atoms with Gasteiger partial charge in [0.05, 0.1) is 6.10 Å². The Hall–Kier alpha value is -1.10. The molecule has 1 N–H and O–H groups in total. The van der Waals surface area contributed by atoms with E-state index in [1.807, 2.05) is 20.8 Å². The van der Waals surface area contributed by atoms with E-state index in [0.717, 1.165) is 25.9 Å². The highest BCUT2D eigenvalue weighted by atomic mass is 16.5. The zero-order valence-corrected chi connectivity index (χ0v) is 12.7. The maximum Gasteiger partial charge on any atom is 0.245 e. The molecule has 2 aliphatic rings. The van der Waals surface area contributed by atoms with E-state index in [0.29, 0.717) is 13.0 Å². The Morgan fingerprint density at radius 1 is 1.35 bits per heavy atom. The van der Waals surface area contributed by atoms with Gasteiger partial charge in [-0.15, -0.1) is 0 Å². The van der Waals surface area contributed by atoms with E-state index in [9.17, 15) is 9.59 Å². The molecule has 3 unspecified atom stereocenters. The zero-order chi connectivity index (χ0) is 14.7. The maximum atomic E-state index is 12.5. The van der Waals surface area contributed by atoms with Crippen molar-refractivity contribution >= 4 is 11.8 Å². The van der Waals surface area contributed by atoms with Gasteiger partial charge in [-0.05, 0) is 31.6 Å². The summed E-state index contributed by atoms with van der Waals surface area (Å²) in [6.45, 7) is 7.21. The number of rotatable bonds is 4. The lowest BCUT2D eigenvalue weighted by Crippen LogP contribution is -2.65. The topological polar surface area (TPSA) is 58.6 Å². The Kier molecular flexibility index (Phi) is 5.02. The van der Waals surface area contributed by atoms with Crippen LogP contribution in [0.2, 0.25) is 0 Å². The van der Waals surface area contributed by atoms with Crippen molar-refractivity contribution in [2.24, 2.45) is 5.92 Å². The van der Waals surface area contributed by atoms with Crippen LogP contribution < -0.4 is 5.32 Å². The minimum atomic E-state index is -0.374. The van der Waals surface area contributed by atoms with E-state index in [1.165, 1.54) is 0 Å². The van der Waals surface area contributed by atoms with Crippen molar-refractivity contribution in [1.29, 1.82) is 0 Å². The first kappa shape index (κ1) is 15.3. The molecule has 0 bridgehead atoms. The molecule has 2 aliphatic heterocycles. The Morgan fingerprint density at radius 2 is 2.10 bits per heavy atom. The molecule has 0 saturated carbocycles. The monoisotopic (exact) mass is 282 g/mol. The Balaban J connectivity index is 2.13. The third-order valence-electron chi connectivity index (χ3n) is 4.22. The van der Waals surface area contributed by atoms with Gasteiger partial charge >= 0.3 is 0 Å². The molecule has 0 spiro atoms. The van der Waals surface area contributed by atoms with Crippen LogP contribution in [0.25, 0.3) is 0 Å². The third-order valence-corrected chi connectivity index (χ3v) is 4.22. The summed E-state index contributed by atoms with van der Waals surface area (Å²) in [5.74, 6) is 0.127. The largest absolute Gasteiger partial charge is 0.376 e. The Labute approximate surface area is 121 Å². The van der Waals surface area contributed by atoms with Crippen LogP contribution in [0.1, 0.15) is 46.5 Å². The molecule has 2 fully saturated rings. The van der Waals surface area contributed by atoms with E-state index >= 15 is 0 Å². The predicted molar refractivity (Wildman–Crippen MR) is 76.2 cm³/mol. The molecule has 2 saturated heterocycles. The molecular weight excluding hydrogens is 256 g/mol. The summed E-state index contributed by atoms with van der Waals surface area (Å²) >= 11 is 0. The molecule has 2 amide bonds. The van der Waals surface area contributed by atoms with Crippen molar-refractivity contribution in [3.63, 3.8) is 0 Å². The summed E-state index contributed by atoms with van der Waals surface area (Å²) in [6.07, 6.45) is 3.93. The number of piperazine rings is 1. The summed E-state index contributed by atoms with van der Waals surface area (Å²) in [5.41, 5.74) is 0. The first-order chi connectivity index (χ1) is 9.54. The number of carbonyl (C=O) groups excluding carboxylic acids is 2. The van der Waals surface area contributed by atoms with Crippen LogP contribution in [0.5, 0.6) is 0 Å². The van der Waals surface area contributed by atoms with Gasteiger partial charge in [0.25, 0.3) is 0 Å². The van der Waals surface area contributed by atoms with E-state index in [-0.39, 0.29) is 35.9 Å². The number of nitrogens with one attached hydrogen (secondary N) is 1. The maximum absolute atomic E-state index is 12.5. The highest BCUT2D eigenvalue weighted by Gasteiger charge is 2.42. The molecule has 0 aromatic rings. The molecule has 5 nitrogen and oxygen atoms in total. The normalized spacial score (nSPS) is 31.6. The van der Waals surface area contributed by atoms with Crippen molar-refractivity contribution in [1.82, 2.24) is 10.2 Å². The standard InChI is InChI=1S/C15H26N2O3/c1-4-12-15(19)17(9-11-7-5-6-8-20-11)13(10(2)3)14(18)16-12/h10-13H,4-9H2,1-3H3,(H,16,18). The molecule has 5 heteroatoms. The van der Waals surface area contributed by atoms with E-state index in [4.69, 9.17) is 4.74 Å². The molecule has 20 heavy (non-hydrogen) atoms. The molecule has 2 heterocycles. The second-order valence-corrected chi connectivity index (χ2v) is 6.14. The van der Waals surface area contributed by atoms with Crippen LogP contribution in [0.15, 0.2) is 0 Å². The van der Waals surface area contributed by atoms with Crippen LogP contribution in [-0.4, -0.2) is 48.1 Å². The minimum Gasteiger partial charge on any atom is -0.376 e. The lowest BCUT2D eigenvalue weighted by molar-refractivity contribution is -0.154. The van der Waals surface area contributed by atoms with Crippen molar-refractivity contribution in [2.45, 2.75) is 64.6 Å². The fourth-order valence-electron chi connectivity index (χ4n) is 3.11. The number of amides is 2. The van der Waals surface area contributed by atoms with Gasteiger partial charge in [-0.1, -0.05) is 20.8 Å². The van der Waals surface area contributed by atoms with Crippen LogP contribution in [0.4, 0.5) is 0 Å². The predicted octanol–water partition coefficient (Wildman–Crippen LogP) is 1.32. The van der Waals surface area contributed by atoms with E-state index in [2.05, 4.69) is 5.32 Å². The van der Waals surface area contributed by atoms with E-state index in [1.54, 1.807) is 4.90 Å². The van der Waals surface area contributed by atoms with Gasteiger partial charge < -0.3 is 15.0 Å². The van der Waals surface area contributed by atoms with Crippen LogP contribution in [0, 0.1) is 5.92 Å². The minimum absolute atomic E-state index is 0.0257. The molecule has 0 radical (unpaired) electrons. The first-order valence-corrected chi connectivity index (χ1v) is 7.77. The average Bonchev–Trinajstić information content (AvgIpc) is 2.43. The number of nitrogens with zero attached hydrogens (tertiary/aromatic N) is 1. The summed E-state index contributed by atoms with van der Waals surface area (Å²) < 4.78 is 5.74. The van der Waals surface area contributed by atoms with Crippen LogP contribution >= 0.6 is 0 Å².